The van der Waals surface area contributed by atoms with Gasteiger partial charge in [-0.1, -0.05) is 0 Å². The zero-order chi connectivity index (χ0) is 14.9. The van der Waals surface area contributed by atoms with Gasteiger partial charge in [-0.3, -0.25) is 0 Å². The molecule has 0 aliphatic heterocycles. The third-order valence-electron chi connectivity index (χ3n) is 2.78. The largest absolute Gasteiger partial charge is 0.496 e. The van der Waals surface area contributed by atoms with Crippen molar-refractivity contribution < 1.29 is 14.6 Å². The molecule has 0 bridgehead atoms. The zero-order valence-corrected chi connectivity index (χ0v) is 16.2. The summed E-state index contributed by atoms with van der Waals surface area (Å²) in [6.45, 7) is 0. The SMILES string of the molecule is COc1cc(C(O)c2cc(Br)sc2Br)c(OC)cc1Br. The van der Waals surface area contributed by atoms with Gasteiger partial charge < -0.3 is 14.6 Å². The highest BCUT2D eigenvalue weighted by Gasteiger charge is 2.22. The van der Waals surface area contributed by atoms with Crippen LogP contribution in [-0.2, 0) is 0 Å². The molecule has 3 nitrogen and oxygen atoms in total. The molecule has 20 heavy (non-hydrogen) atoms. The topological polar surface area (TPSA) is 38.7 Å². The number of hydrogen-bond donors (Lipinski definition) is 1. The fourth-order valence-corrected chi connectivity index (χ4v) is 5.17. The standard InChI is InChI=1S/C13H11Br3O3S/c1-18-9-5-8(14)10(19-2)3-6(9)12(17)7-4-11(15)20-13(7)16/h3-5,12,17H,1-2H3. The highest BCUT2D eigenvalue weighted by Crippen LogP contribution is 2.42. The lowest BCUT2D eigenvalue weighted by molar-refractivity contribution is 0.214. The molecule has 2 rings (SSSR count). The number of aliphatic hydroxyl groups is 1. The fraction of sp³-hybridized carbons (Fsp3) is 0.231. The van der Waals surface area contributed by atoms with Crippen LogP contribution in [0, 0.1) is 0 Å². The summed E-state index contributed by atoms with van der Waals surface area (Å²) in [5.41, 5.74) is 1.43. The maximum absolute atomic E-state index is 10.6. The Hall–Kier alpha value is -0.0800. The van der Waals surface area contributed by atoms with Gasteiger partial charge in [-0.15, -0.1) is 11.3 Å². The van der Waals surface area contributed by atoms with Gasteiger partial charge in [0, 0.05) is 11.1 Å². The van der Waals surface area contributed by atoms with Crippen molar-refractivity contribution in [1.82, 2.24) is 0 Å². The van der Waals surface area contributed by atoms with Gasteiger partial charge in [0.15, 0.2) is 0 Å². The van der Waals surface area contributed by atoms with Crippen LogP contribution < -0.4 is 9.47 Å². The van der Waals surface area contributed by atoms with Gasteiger partial charge in [-0.25, -0.2) is 0 Å². The smallest absolute Gasteiger partial charge is 0.133 e. The Labute approximate surface area is 146 Å². The van der Waals surface area contributed by atoms with Crippen molar-refractivity contribution in [3.63, 3.8) is 0 Å². The Morgan fingerprint density at radius 3 is 2.15 bits per heavy atom. The second kappa shape index (κ2) is 6.79. The number of thiophene rings is 1. The molecule has 1 heterocycles. The summed E-state index contributed by atoms with van der Waals surface area (Å²) in [6, 6.07) is 5.44. The predicted octanol–water partition coefficient (Wildman–Crippen LogP) is 5.13. The van der Waals surface area contributed by atoms with E-state index in [-0.39, 0.29) is 0 Å². The van der Waals surface area contributed by atoms with Gasteiger partial charge in [-0.2, -0.15) is 0 Å². The van der Waals surface area contributed by atoms with Gasteiger partial charge in [0.2, 0.25) is 0 Å². The average Bonchev–Trinajstić information content (AvgIpc) is 2.76. The number of methoxy groups -OCH3 is 2. The van der Waals surface area contributed by atoms with Crippen molar-refractivity contribution >= 4 is 59.1 Å². The minimum atomic E-state index is -0.802. The Balaban J connectivity index is 2.53. The van der Waals surface area contributed by atoms with Crippen molar-refractivity contribution in [3.05, 3.63) is 41.4 Å². The van der Waals surface area contributed by atoms with E-state index >= 15 is 0 Å². The monoisotopic (exact) mass is 484 g/mol. The van der Waals surface area contributed by atoms with Gasteiger partial charge >= 0.3 is 0 Å². The summed E-state index contributed by atoms with van der Waals surface area (Å²) in [5.74, 6) is 1.24. The summed E-state index contributed by atoms with van der Waals surface area (Å²) in [5, 5.41) is 10.6. The van der Waals surface area contributed by atoms with E-state index in [9.17, 15) is 5.11 Å². The van der Waals surface area contributed by atoms with Gasteiger partial charge in [0.05, 0.1) is 26.3 Å². The minimum absolute atomic E-state index is 0.597. The van der Waals surface area contributed by atoms with E-state index < -0.39 is 6.10 Å². The van der Waals surface area contributed by atoms with E-state index in [4.69, 9.17) is 9.47 Å². The van der Waals surface area contributed by atoms with Crippen molar-refractivity contribution in [3.8, 4) is 11.5 Å². The molecule has 0 aliphatic rings. The molecule has 108 valence electrons. The van der Waals surface area contributed by atoms with Crippen molar-refractivity contribution in [2.75, 3.05) is 14.2 Å². The Bertz CT molecular complexity index is 628. The van der Waals surface area contributed by atoms with Crippen molar-refractivity contribution in [2.45, 2.75) is 6.10 Å². The van der Waals surface area contributed by atoms with E-state index in [1.165, 1.54) is 11.3 Å². The van der Waals surface area contributed by atoms with Crippen LogP contribution in [0.5, 0.6) is 11.5 Å². The summed E-state index contributed by atoms with van der Waals surface area (Å²) >= 11 is 11.8. The molecule has 1 N–H and O–H groups in total. The van der Waals surface area contributed by atoms with E-state index in [0.29, 0.717) is 17.1 Å². The van der Waals surface area contributed by atoms with Crippen LogP contribution in [-0.4, -0.2) is 19.3 Å². The first-order chi connectivity index (χ1) is 9.47. The molecule has 0 saturated heterocycles. The number of rotatable bonds is 4. The number of ether oxygens (including phenoxy) is 2. The summed E-state index contributed by atoms with van der Waals surface area (Å²) in [4.78, 5) is 0. The highest BCUT2D eigenvalue weighted by molar-refractivity contribution is 9.12. The molecule has 0 saturated carbocycles. The molecular weight excluding hydrogens is 476 g/mol. The molecule has 2 aromatic rings. The van der Waals surface area contributed by atoms with Gasteiger partial charge in [-0.05, 0) is 66.0 Å². The van der Waals surface area contributed by atoms with Crippen LogP contribution in [0.25, 0.3) is 0 Å². The zero-order valence-electron chi connectivity index (χ0n) is 10.6. The van der Waals surface area contributed by atoms with Crippen LogP contribution in [0.2, 0.25) is 0 Å². The first-order valence-corrected chi connectivity index (χ1v) is 8.71. The molecule has 7 heteroatoms. The number of halogens is 3. The Morgan fingerprint density at radius 1 is 1.00 bits per heavy atom. The third-order valence-corrected chi connectivity index (χ3v) is 5.78. The van der Waals surface area contributed by atoms with Crippen LogP contribution >= 0.6 is 59.1 Å². The molecule has 0 fully saturated rings. The summed E-state index contributed by atoms with van der Waals surface area (Å²) < 4.78 is 13.2. The Morgan fingerprint density at radius 2 is 1.65 bits per heavy atom. The van der Waals surface area contributed by atoms with Crippen LogP contribution in [0.15, 0.2) is 30.2 Å². The first-order valence-electron chi connectivity index (χ1n) is 5.52. The van der Waals surface area contributed by atoms with E-state index in [2.05, 4.69) is 47.8 Å². The molecule has 1 unspecified atom stereocenters. The van der Waals surface area contributed by atoms with Gasteiger partial charge in [0.25, 0.3) is 0 Å². The summed E-state index contributed by atoms with van der Waals surface area (Å²) in [7, 11) is 3.16. The van der Waals surface area contributed by atoms with Crippen LogP contribution in [0.3, 0.4) is 0 Å². The molecule has 1 aromatic heterocycles. The highest BCUT2D eigenvalue weighted by atomic mass is 79.9. The lowest BCUT2D eigenvalue weighted by atomic mass is 10.0. The third kappa shape index (κ3) is 3.22. The minimum Gasteiger partial charge on any atom is -0.496 e. The maximum Gasteiger partial charge on any atom is 0.133 e. The molecule has 1 aromatic carbocycles. The molecular formula is C13H11Br3O3S. The van der Waals surface area contributed by atoms with Crippen LogP contribution in [0.4, 0.5) is 0 Å². The van der Waals surface area contributed by atoms with E-state index in [1.807, 2.05) is 6.07 Å². The van der Waals surface area contributed by atoms with Crippen LogP contribution in [0.1, 0.15) is 17.2 Å². The average molecular weight is 487 g/mol. The first kappa shape index (κ1) is 16.3. The second-order valence-corrected chi connectivity index (χ2v) is 8.51. The molecule has 0 aliphatic carbocycles. The molecule has 0 amide bonds. The van der Waals surface area contributed by atoms with Gasteiger partial charge in [0.1, 0.15) is 17.6 Å². The van der Waals surface area contributed by atoms with Crippen molar-refractivity contribution in [1.29, 1.82) is 0 Å². The quantitative estimate of drug-likeness (QED) is 0.650. The summed E-state index contributed by atoms with van der Waals surface area (Å²) in [6.07, 6.45) is -0.802. The normalized spacial score (nSPS) is 12.3. The number of benzene rings is 1. The lowest BCUT2D eigenvalue weighted by Gasteiger charge is -2.16. The van der Waals surface area contributed by atoms with E-state index in [1.54, 1.807) is 26.4 Å². The molecule has 0 spiro atoms. The molecule has 0 radical (unpaired) electrons. The lowest BCUT2D eigenvalue weighted by Crippen LogP contribution is -2.03. The fourth-order valence-electron chi connectivity index (χ4n) is 1.80. The molecule has 1 atom stereocenters. The Kier molecular flexibility index (Phi) is 5.53. The van der Waals surface area contributed by atoms with E-state index in [0.717, 1.165) is 17.6 Å². The maximum atomic E-state index is 10.6. The second-order valence-electron chi connectivity index (χ2n) is 3.91. The predicted molar refractivity (Wildman–Crippen MR) is 91.0 cm³/mol. The van der Waals surface area contributed by atoms with Crippen molar-refractivity contribution in [2.24, 2.45) is 0 Å². The number of aliphatic hydroxyl groups excluding tert-OH is 1. The number of hydrogen-bond acceptors (Lipinski definition) is 4.